The number of pyridine rings is 1. The van der Waals surface area contributed by atoms with Crippen molar-refractivity contribution in [3.63, 3.8) is 0 Å². The summed E-state index contributed by atoms with van der Waals surface area (Å²) in [6, 6.07) is 18.2. The SMILES string of the molecule is CN1CCN(c2cc(-c3ccccc3)nc(NCc3ccccn3)n2)CC1. The van der Waals surface area contributed by atoms with Gasteiger partial charge >= 0.3 is 0 Å². The maximum atomic E-state index is 4.78. The van der Waals surface area contributed by atoms with Crippen LogP contribution in [0.15, 0.2) is 60.8 Å². The van der Waals surface area contributed by atoms with Gasteiger partial charge in [-0.1, -0.05) is 36.4 Å². The number of likely N-dealkylation sites (N-methyl/N-ethyl adjacent to an activating group) is 1. The first-order chi connectivity index (χ1) is 13.3. The van der Waals surface area contributed by atoms with Gasteiger partial charge in [0.15, 0.2) is 0 Å². The molecule has 3 heterocycles. The van der Waals surface area contributed by atoms with E-state index in [4.69, 9.17) is 9.97 Å². The Morgan fingerprint density at radius 2 is 1.70 bits per heavy atom. The van der Waals surface area contributed by atoms with E-state index in [1.165, 1.54) is 0 Å². The van der Waals surface area contributed by atoms with Crippen LogP contribution in [0.5, 0.6) is 0 Å². The van der Waals surface area contributed by atoms with Gasteiger partial charge in [-0.05, 0) is 19.2 Å². The molecule has 4 rings (SSSR count). The standard InChI is InChI=1S/C21H24N6/c1-26-11-13-27(14-12-26)20-15-19(17-7-3-2-4-8-17)24-21(25-20)23-16-18-9-5-6-10-22-18/h2-10,15H,11-14,16H2,1H3,(H,23,24,25). The third-order valence-corrected chi connectivity index (χ3v) is 4.76. The highest BCUT2D eigenvalue weighted by molar-refractivity contribution is 5.64. The van der Waals surface area contributed by atoms with Crippen LogP contribution in [0.1, 0.15) is 5.69 Å². The van der Waals surface area contributed by atoms with Gasteiger partial charge in [-0.2, -0.15) is 4.98 Å². The van der Waals surface area contributed by atoms with Crippen LogP contribution < -0.4 is 10.2 Å². The summed E-state index contributed by atoms with van der Waals surface area (Å²) >= 11 is 0. The third kappa shape index (κ3) is 4.41. The summed E-state index contributed by atoms with van der Waals surface area (Å²) in [7, 11) is 2.16. The van der Waals surface area contributed by atoms with Crippen molar-refractivity contribution in [3.8, 4) is 11.3 Å². The van der Waals surface area contributed by atoms with Gasteiger partial charge in [-0.15, -0.1) is 0 Å². The summed E-state index contributed by atoms with van der Waals surface area (Å²) in [6.07, 6.45) is 1.80. The monoisotopic (exact) mass is 360 g/mol. The number of nitrogens with one attached hydrogen (secondary N) is 1. The van der Waals surface area contributed by atoms with Gasteiger partial charge in [0.25, 0.3) is 0 Å². The molecule has 6 nitrogen and oxygen atoms in total. The van der Waals surface area contributed by atoms with Gasteiger partial charge in [0.2, 0.25) is 5.95 Å². The predicted octanol–water partition coefficient (Wildman–Crippen LogP) is 2.90. The average molecular weight is 360 g/mol. The second-order valence-electron chi connectivity index (χ2n) is 6.77. The van der Waals surface area contributed by atoms with E-state index in [-0.39, 0.29) is 0 Å². The second kappa shape index (κ2) is 8.14. The van der Waals surface area contributed by atoms with E-state index < -0.39 is 0 Å². The molecule has 0 aliphatic carbocycles. The van der Waals surface area contributed by atoms with Crippen LogP contribution in [0.2, 0.25) is 0 Å². The van der Waals surface area contributed by atoms with Crippen molar-refractivity contribution < 1.29 is 0 Å². The number of hydrogen-bond acceptors (Lipinski definition) is 6. The van der Waals surface area contributed by atoms with E-state index >= 15 is 0 Å². The van der Waals surface area contributed by atoms with Gasteiger partial charge in [-0.25, -0.2) is 4.98 Å². The van der Waals surface area contributed by atoms with E-state index in [1.54, 1.807) is 6.20 Å². The van der Waals surface area contributed by atoms with Crippen LogP contribution >= 0.6 is 0 Å². The van der Waals surface area contributed by atoms with Gasteiger partial charge in [-0.3, -0.25) is 4.98 Å². The summed E-state index contributed by atoms with van der Waals surface area (Å²) in [6.45, 7) is 4.63. The Morgan fingerprint density at radius 1 is 0.926 bits per heavy atom. The quantitative estimate of drug-likeness (QED) is 0.755. The zero-order valence-corrected chi connectivity index (χ0v) is 15.5. The first-order valence-electron chi connectivity index (χ1n) is 9.30. The van der Waals surface area contributed by atoms with Crippen molar-refractivity contribution in [2.24, 2.45) is 0 Å². The fourth-order valence-corrected chi connectivity index (χ4v) is 3.14. The van der Waals surface area contributed by atoms with Gasteiger partial charge in [0, 0.05) is 44.0 Å². The molecular formula is C21H24N6. The molecule has 0 amide bonds. The molecule has 1 fully saturated rings. The highest BCUT2D eigenvalue weighted by atomic mass is 15.3. The molecule has 6 heteroatoms. The van der Waals surface area contributed by atoms with E-state index in [9.17, 15) is 0 Å². The van der Waals surface area contributed by atoms with E-state index in [2.05, 4.69) is 45.3 Å². The van der Waals surface area contributed by atoms with Crippen molar-refractivity contribution in [2.75, 3.05) is 43.4 Å². The number of benzene rings is 1. The minimum Gasteiger partial charge on any atom is -0.354 e. The molecule has 1 saturated heterocycles. The lowest BCUT2D eigenvalue weighted by Gasteiger charge is -2.33. The van der Waals surface area contributed by atoms with Crippen molar-refractivity contribution >= 4 is 11.8 Å². The second-order valence-corrected chi connectivity index (χ2v) is 6.77. The van der Waals surface area contributed by atoms with E-state index in [0.717, 1.165) is 48.9 Å². The van der Waals surface area contributed by atoms with Gasteiger partial charge < -0.3 is 15.1 Å². The zero-order valence-electron chi connectivity index (χ0n) is 15.5. The Labute approximate surface area is 159 Å². The van der Waals surface area contributed by atoms with Gasteiger partial charge in [0.05, 0.1) is 17.9 Å². The molecule has 1 aliphatic heterocycles. The maximum absolute atomic E-state index is 4.78. The summed E-state index contributed by atoms with van der Waals surface area (Å²) in [5.41, 5.74) is 2.99. The number of piperazine rings is 1. The molecular weight excluding hydrogens is 336 g/mol. The lowest BCUT2D eigenvalue weighted by Crippen LogP contribution is -2.44. The van der Waals surface area contributed by atoms with Crippen molar-refractivity contribution in [2.45, 2.75) is 6.54 Å². The molecule has 2 aromatic heterocycles. The zero-order chi connectivity index (χ0) is 18.5. The number of hydrogen-bond donors (Lipinski definition) is 1. The molecule has 0 atom stereocenters. The Hall–Kier alpha value is -2.99. The highest BCUT2D eigenvalue weighted by Crippen LogP contribution is 2.24. The molecule has 0 spiro atoms. The van der Waals surface area contributed by atoms with Crippen LogP contribution in [0, 0.1) is 0 Å². The predicted molar refractivity (Wildman–Crippen MR) is 109 cm³/mol. The summed E-state index contributed by atoms with van der Waals surface area (Å²) in [5, 5.41) is 3.34. The lowest BCUT2D eigenvalue weighted by atomic mass is 10.1. The van der Waals surface area contributed by atoms with Crippen molar-refractivity contribution in [3.05, 3.63) is 66.5 Å². The largest absolute Gasteiger partial charge is 0.354 e. The lowest BCUT2D eigenvalue weighted by molar-refractivity contribution is 0.312. The van der Waals surface area contributed by atoms with Crippen molar-refractivity contribution in [1.82, 2.24) is 19.9 Å². The first-order valence-corrected chi connectivity index (χ1v) is 9.30. The number of aromatic nitrogens is 3. The molecule has 138 valence electrons. The van der Waals surface area contributed by atoms with Crippen LogP contribution in [0.3, 0.4) is 0 Å². The van der Waals surface area contributed by atoms with Crippen molar-refractivity contribution in [1.29, 1.82) is 0 Å². The van der Waals surface area contributed by atoms with Crippen LogP contribution in [-0.4, -0.2) is 53.1 Å². The minimum absolute atomic E-state index is 0.598. The van der Waals surface area contributed by atoms with Crippen LogP contribution in [0.4, 0.5) is 11.8 Å². The van der Waals surface area contributed by atoms with E-state index in [0.29, 0.717) is 12.5 Å². The molecule has 1 aliphatic rings. The fraction of sp³-hybridized carbons (Fsp3) is 0.286. The van der Waals surface area contributed by atoms with E-state index in [1.807, 2.05) is 36.4 Å². The minimum atomic E-state index is 0.598. The van der Waals surface area contributed by atoms with Crippen LogP contribution in [0.25, 0.3) is 11.3 Å². The maximum Gasteiger partial charge on any atom is 0.225 e. The smallest absolute Gasteiger partial charge is 0.225 e. The molecule has 0 saturated carbocycles. The van der Waals surface area contributed by atoms with Crippen LogP contribution in [-0.2, 0) is 6.54 Å². The fourth-order valence-electron chi connectivity index (χ4n) is 3.14. The number of nitrogens with zero attached hydrogens (tertiary/aromatic N) is 5. The summed E-state index contributed by atoms with van der Waals surface area (Å²) in [5.74, 6) is 1.61. The molecule has 0 bridgehead atoms. The Bertz CT molecular complexity index is 860. The first kappa shape index (κ1) is 17.4. The molecule has 0 radical (unpaired) electrons. The highest BCUT2D eigenvalue weighted by Gasteiger charge is 2.17. The summed E-state index contributed by atoms with van der Waals surface area (Å²) in [4.78, 5) is 18.6. The summed E-state index contributed by atoms with van der Waals surface area (Å²) < 4.78 is 0. The van der Waals surface area contributed by atoms with Gasteiger partial charge in [0.1, 0.15) is 5.82 Å². The molecule has 0 unspecified atom stereocenters. The Morgan fingerprint density at radius 3 is 2.44 bits per heavy atom. The Balaban J connectivity index is 1.62. The Kier molecular flexibility index (Phi) is 5.25. The number of anilines is 2. The molecule has 27 heavy (non-hydrogen) atoms. The molecule has 3 aromatic rings. The third-order valence-electron chi connectivity index (χ3n) is 4.76. The topological polar surface area (TPSA) is 57.2 Å². The normalized spacial score (nSPS) is 14.9. The average Bonchev–Trinajstić information content (AvgIpc) is 2.74. The molecule has 1 N–H and O–H groups in total. The number of rotatable bonds is 5. The molecule has 1 aromatic carbocycles.